The van der Waals surface area contributed by atoms with Gasteiger partial charge in [0.25, 0.3) is 5.91 Å². The Morgan fingerprint density at radius 1 is 0.962 bits per heavy atom. The van der Waals surface area contributed by atoms with E-state index in [1.54, 1.807) is 9.80 Å². The van der Waals surface area contributed by atoms with Crippen LogP contribution in [0.2, 0.25) is 0 Å². The van der Waals surface area contributed by atoms with Crippen molar-refractivity contribution in [1.29, 1.82) is 0 Å². The number of nitrogens with zero attached hydrogens (tertiary/aromatic N) is 2. The second-order valence-electron chi connectivity index (χ2n) is 7.77. The van der Waals surface area contributed by atoms with Crippen molar-refractivity contribution < 1.29 is 18.0 Å². The van der Waals surface area contributed by atoms with E-state index in [0.717, 1.165) is 11.1 Å². The lowest BCUT2D eigenvalue weighted by molar-refractivity contribution is -0.139. The van der Waals surface area contributed by atoms with E-state index < -0.39 is 21.9 Å². The van der Waals surface area contributed by atoms with Crippen LogP contribution in [-0.4, -0.2) is 66.7 Å². The van der Waals surface area contributed by atoms with Gasteiger partial charge in [0, 0.05) is 24.6 Å². The first-order valence-electron chi connectivity index (χ1n) is 8.99. The van der Waals surface area contributed by atoms with Crippen molar-refractivity contribution in [2.24, 2.45) is 5.92 Å². The molecule has 0 aliphatic carbocycles. The van der Waals surface area contributed by atoms with Gasteiger partial charge in [-0.1, -0.05) is 31.0 Å². The Labute approximate surface area is 155 Å². The zero-order chi connectivity index (χ0) is 19.2. The number of carbonyl (C=O) groups is 2. The summed E-state index contributed by atoms with van der Waals surface area (Å²) in [6.45, 7) is 8.24. The van der Waals surface area contributed by atoms with E-state index in [4.69, 9.17) is 0 Å². The average Bonchev–Trinajstić information content (AvgIpc) is 2.86. The van der Waals surface area contributed by atoms with E-state index in [2.05, 4.69) is 0 Å². The van der Waals surface area contributed by atoms with Crippen LogP contribution in [0.15, 0.2) is 18.2 Å². The van der Waals surface area contributed by atoms with Crippen LogP contribution in [0.4, 0.5) is 0 Å². The molecule has 0 spiro atoms. The van der Waals surface area contributed by atoms with Crippen molar-refractivity contribution in [3.8, 4) is 0 Å². The second-order valence-corrected chi connectivity index (χ2v) is 9.93. The van der Waals surface area contributed by atoms with E-state index in [-0.39, 0.29) is 29.2 Å². The van der Waals surface area contributed by atoms with Gasteiger partial charge in [-0.2, -0.15) is 0 Å². The van der Waals surface area contributed by atoms with Crippen LogP contribution >= 0.6 is 0 Å². The largest absolute Gasteiger partial charge is 0.335 e. The second kappa shape index (κ2) is 6.68. The Bertz CT molecular complexity index is 827. The van der Waals surface area contributed by atoms with E-state index in [9.17, 15) is 18.0 Å². The van der Waals surface area contributed by atoms with Gasteiger partial charge in [0.2, 0.25) is 5.91 Å². The number of benzene rings is 1. The van der Waals surface area contributed by atoms with Crippen molar-refractivity contribution in [2.75, 3.05) is 24.6 Å². The van der Waals surface area contributed by atoms with Crippen molar-refractivity contribution >= 4 is 21.7 Å². The average molecular weight is 378 g/mol. The Hall–Kier alpha value is -1.89. The molecule has 142 valence electrons. The van der Waals surface area contributed by atoms with Gasteiger partial charge in [0.15, 0.2) is 9.84 Å². The number of hydrogen-bond acceptors (Lipinski definition) is 4. The first-order valence-corrected chi connectivity index (χ1v) is 10.8. The minimum Gasteiger partial charge on any atom is -0.335 e. The van der Waals surface area contributed by atoms with E-state index >= 15 is 0 Å². The summed E-state index contributed by atoms with van der Waals surface area (Å²) in [6, 6.07) is 4.75. The highest BCUT2D eigenvalue weighted by molar-refractivity contribution is 7.91. The fourth-order valence-corrected chi connectivity index (χ4v) is 6.06. The summed E-state index contributed by atoms with van der Waals surface area (Å²) >= 11 is 0. The van der Waals surface area contributed by atoms with Gasteiger partial charge in [-0.25, -0.2) is 8.42 Å². The Balaban J connectivity index is 1.93. The smallest absolute Gasteiger partial charge is 0.254 e. The maximum absolute atomic E-state index is 13.1. The zero-order valence-corrected chi connectivity index (χ0v) is 16.5. The lowest BCUT2D eigenvalue weighted by atomic mass is 10.00. The number of fused-ring (bicyclic) bond motifs is 1. The van der Waals surface area contributed by atoms with E-state index in [0.29, 0.717) is 18.7 Å². The fraction of sp³-hybridized carbons (Fsp3) is 0.579. The standard InChI is InChI=1S/C19H26N2O4S/c1-12(2)18(22)20-5-6-21(17-11-26(24,25)10-16(17)20)19(23)15-8-13(3)7-14(4)9-15/h7-9,12,16-17H,5-6,10-11H2,1-4H3/t16-,17+/m0/s1. The first kappa shape index (κ1) is 18.9. The topological polar surface area (TPSA) is 74.8 Å². The molecule has 7 heteroatoms. The molecule has 2 atom stereocenters. The normalized spacial score (nSPS) is 24.7. The van der Waals surface area contributed by atoms with E-state index in [1.165, 1.54) is 0 Å². The monoisotopic (exact) mass is 378 g/mol. The molecule has 2 saturated heterocycles. The molecule has 2 amide bonds. The van der Waals surface area contributed by atoms with Crippen LogP contribution in [0, 0.1) is 19.8 Å². The highest BCUT2D eigenvalue weighted by atomic mass is 32.2. The van der Waals surface area contributed by atoms with Crippen LogP contribution in [-0.2, 0) is 14.6 Å². The summed E-state index contributed by atoms with van der Waals surface area (Å²) < 4.78 is 24.5. The molecule has 0 bridgehead atoms. The van der Waals surface area contributed by atoms with Crippen LogP contribution in [0.3, 0.4) is 0 Å². The van der Waals surface area contributed by atoms with E-state index in [1.807, 2.05) is 45.9 Å². The SMILES string of the molecule is Cc1cc(C)cc(C(=O)N2CCN(C(=O)C(C)C)[C@H]3CS(=O)(=O)C[C@H]32)c1. The molecular weight excluding hydrogens is 352 g/mol. The van der Waals surface area contributed by atoms with Crippen LogP contribution in [0.1, 0.15) is 35.3 Å². The molecule has 0 N–H and O–H groups in total. The van der Waals surface area contributed by atoms with Crippen LogP contribution < -0.4 is 0 Å². The van der Waals surface area contributed by atoms with Gasteiger partial charge in [0.1, 0.15) is 0 Å². The highest BCUT2D eigenvalue weighted by Crippen LogP contribution is 2.29. The molecule has 1 aromatic carbocycles. The summed E-state index contributed by atoms with van der Waals surface area (Å²) in [4.78, 5) is 28.9. The predicted molar refractivity (Wildman–Crippen MR) is 99.7 cm³/mol. The summed E-state index contributed by atoms with van der Waals surface area (Å²) in [5, 5.41) is 0. The maximum Gasteiger partial charge on any atom is 0.254 e. The van der Waals surface area contributed by atoms with Gasteiger partial charge >= 0.3 is 0 Å². The Kier molecular flexibility index (Phi) is 4.86. The van der Waals surface area contributed by atoms with Crippen molar-refractivity contribution in [1.82, 2.24) is 9.80 Å². The first-order chi connectivity index (χ1) is 12.1. The molecule has 1 aromatic rings. The number of rotatable bonds is 2. The molecule has 2 heterocycles. The fourth-order valence-electron chi connectivity index (χ4n) is 4.07. The third-order valence-corrected chi connectivity index (χ3v) is 6.88. The number of sulfone groups is 1. The number of amides is 2. The summed E-state index contributed by atoms with van der Waals surface area (Å²) in [6.07, 6.45) is 0. The summed E-state index contributed by atoms with van der Waals surface area (Å²) in [5.74, 6) is -0.528. The molecule has 2 aliphatic rings. The Morgan fingerprint density at radius 3 is 2.00 bits per heavy atom. The Morgan fingerprint density at radius 2 is 1.46 bits per heavy atom. The molecule has 6 nitrogen and oxygen atoms in total. The molecule has 3 rings (SSSR count). The number of hydrogen-bond donors (Lipinski definition) is 0. The van der Waals surface area contributed by atoms with Crippen LogP contribution in [0.25, 0.3) is 0 Å². The zero-order valence-electron chi connectivity index (χ0n) is 15.7. The molecule has 0 unspecified atom stereocenters. The van der Waals surface area contributed by atoms with Crippen molar-refractivity contribution in [3.05, 3.63) is 34.9 Å². The summed E-state index contributed by atoms with van der Waals surface area (Å²) in [7, 11) is -3.27. The number of piperazine rings is 1. The quantitative estimate of drug-likeness (QED) is 0.780. The third kappa shape index (κ3) is 3.49. The molecule has 2 fully saturated rings. The molecule has 0 aromatic heterocycles. The van der Waals surface area contributed by atoms with Crippen molar-refractivity contribution in [2.45, 2.75) is 39.8 Å². The molecular formula is C19H26N2O4S. The van der Waals surface area contributed by atoms with Gasteiger partial charge in [0.05, 0.1) is 23.6 Å². The molecule has 0 radical (unpaired) electrons. The van der Waals surface area contributed by atoms with Gasteiger partial charge in [-0.15, -0.1) is 0 Å². The van der Waals surface area contributed by atoms with Crippen molar-refractivity contribution in [3.63, 3.8) is 0 Å². The number of carbonyl (C=O) groups excluding carboxylic acids is 2. The van der Waals surface area contributed by atoms with Gasteiger partial charge in [-0.05, 0) is 26.0 Å². The molecule has 2 aliphatic heterocycles. The third-order valence-electron chi connectivity index (χ3n) is 5.18. The van der Waals surface area contributed by atoms with Gasteiger partial charge < -0.3 is 9.80 Å². The minimum atomic E-state index is -3.27. The van der Waals surface area contributed by atoms with Gasteiger partial charge in [-0.3, -0.25) is 9.59 Å². The maximum atomic E-state index is 13.1. The molecule has 26 heavy (non-hydrogen) atoms. The summed E-state index contributed by atoms with van der Waals surface area (Å²) in [5.41, 5.74) is 2.57. The molecule has 0 saturated carbocycles. The lowest BCUT2D eigenvalue weighted by Gasteiger charge is -2.44. The number of aryl methyl sites for hydroxylation is 2. The van der Waals surface area contributed by atoms with Crippen LogP contribution in [0.5, 0.6) is 0 Å². The minimum absolute atomic E-state index is 0.0457. The highest BCUT2D eigenvalue weighted by Gasteiger charge is 2.49. The lowest BCUT2D eigenvalue weighted by Crippen LogP contribution is -2.62. The predicted octanol–water partition coefficient (Wildman–Crippen LogP) is 1.41.